The van der Waals surface area contributed by atoms with Gasteiger partial charge in [0.15, 0.2) is 5.82 Å². The van der Waals surface area contributed by atoms with Gasteiger partial charge in [0.1, 0.15) is 28.7 Å². The van der Waals surface area contributed by atoms with Gasteiger partial charge in [0.2, 0.25) is 0 Å². The van der Waals surface area contributed by atoms with Gasteiger partial charge in [-0.25, -0.2) is 8.42 Å². The zero-order valence-corrected chi connectivity index (χ0v) is 34.8. The molecule has 0 saturated carbocycles. The van der Waals surface area contributed by atoms with Gasteiger partial charge < -0.3 is 19.8 Å². The molecule has 4 aromatic carbocycles. The minimum absolute atomic E-state index is 0.0220. The summed E-state index contributed by atoms with van der Waals surface area (Å²) in [5.41, 5.74) is 7.80. The predicted molar refractivity (Wildman–Crippen MR) is 228 cm³/mol. The molecule has 60 heavy (non-hydrogen) atoms. The van der Waals surface area contributed by atoms with Crippen LogP contribution >= 0.6 is 11.3 Å². The standard InChI is InChI=1S/C44H38N8O6S2/c1-24-25(2)59-44-38(24)40(48-35(20-37(53)58-5)42-50-49-26(3)52(42)44)30-12-8-28(9-13-30)29-10-14-31(15-11-29)43(54)47-22-27-6-16-33(17-7-27)60(55,56)51-34-18-19-36(57-4)39-32(21-45)23-46-41(34)39/h6-19,23,35,46,51H,20,22H2,1-5H3,(H,47,54)/t35-/m0/s1. The van der Waals surface area contributed by atoms with Gasteiger partial charge in [-0.15, -0.1) is 21.5 Å². The van der Waals surface area contributed by atoms with E-state index < -0.39 is 16.1 Å². The molecule has 4 heterocycles. The van der Waals surface area contributed by atoms with Crippen LogP contribution in [0.3, 0.4) is 0 Å². The lowest BCUT2D eigenvalue weighted by Gasteiger charge is -2.12. The Morgan fingerprint density at radius 1 is 0.917 bits per heavy atom. The number of carbonyl (C=O) groups excluding carboxylic acids is 2. The van der Waals surface area contributed by atoms with E-state index in [9.17, 15) is 23.3 Å². The van der Waals surface area contributed by atoms with Crippen LogP contribution < -0.4 is 14.8 Å². The van der Waals surface area contributed by atoms with Crippen molar-refractivity contribution in [2.75, 3.05) is 18.9 Å². The van der Waals surface area contributed by atoms with Gasteiger partial charge in [0.05, 0.1) is 53.4 Å². The highest BCUT2D eigenvalue weighted by molar-refractivity contribution is 7.92. The number of hydrogen-bond donors (Lipinski definition) is 3. The number of hydrogen-bond acceptors (Lipinski definition) is 11. The Labute approximate surface area is 349 Å². The molecule has 1 atom stereocenters. The highest BCUT2D eigenvalue weighted by Gasteiger charge is 2.32. The number of methoxy groups -OCH3 is 2. The summed E-state index contributed by atoms with van der Waals surface area (Å²) in [5.74, 6) is 1.08. The van der Waals surface area contributed by atoms with E-state index in [0.29, 0.717) is 45.0 Å². The third kappa shape index (κ3) is 7.29. The van der Waals surface area contributed by atoms with E-state index >= 15 is 0 Å². The lowest BCUT2D eigenvalue weighted by atomic mass is 9.96. The second-order valence-corrected chi connectivity index (χ2v) is 17.0. The third-order valence-electron chi connectivity index (χ3n) is 10.5. The van der Waals surface area contributed by atoms with Crippen LogP contribution in [0, 0.1) is 32.1 Å². The van der Waals surface area contributed by atoms with Gasteiger partial charge >= 0.3 is 5.97 Å². The normalized spacial score (nSPS) is 13.4. The summed E-state index contributed by atoms with van der Waals surface area (Å²) in [7, 11) is -1.15. The fraction of sp³-hybridized carbons (Fsp3) is 0.182. The van der Waals surface area contributed by atoms with Gasteiger partial charge in [-0.05, 0) is 79.4 Å². The molecule has 3 aromatic heterocycles. The van der Waals surface area contributed by atoms with Crippen molar-refractivity contribution in [1.29, 1.82) is 5.26 Å². The summed E-state index contributed by atoms with van der Waals surface area (Å²) < 4.78 is 41.6. The number of thiophene rings is 1. The number of fused-ring (bicyclic) bond motifs is 4. The second kappa shape index (κ2) is 15.9. The Kier molecular flexibility index (Phi) is 10.5. The van der Waals surface area contributed by atoms with Gasteiger partial charge in [-0.2, -0.15) is 5.26 Å². The molecule has 1 aliphatic heterocycles. The molecule has 8 rings (SSSR count). The van der Waals surface area contributed by atoms with Crippen LogP contribution in [0.2, 0.25) is 0 Å². The number of ether oxygens (including phenoxy) is 2. The van der Waals surface area contributed by atoms with E-state index in [1.165, 1.54) is 32.5 Å². The summed E-state index contributed by atoms with van der Waals surface area (Å²) >= 11 is 1.64. The van der Waals surface area contributed by atoms with Crippen molar-refractivity contribution in [3.05, 3.63) is 141 Å². The maximum Gasteiger partial charge on any atom is 0.308 e. The first kappa shape index (κ1) is 39.7. The zero-order chi connectivity index (χ0) is 42.3. The number of nitrogens with one attached hydrogen (secondary N) is 3. The zero-order valence-electron chi connectivity index (χ0n) is 33.2. The third-order valence-corrected chi connectivity index (χ3v) is 13.1. The topological polar surface area (TPSA) is 193 Å². The molecule has 0 saturated heterocycles. The van der Waals surface area contributed by atoms with E-state index in [1.54, 1.807) is 47.7 Å². The van der Waals surface area contributed by atoms with E-state index in [1.807, 2.05) is 47.9 Å². The first-order valence-electron chi connectivity index (χ1n) is 18.8. The molecule has 3 N–H and O–H groups in total. The number of sulfonamides is 1. The second-order valence-electron chi connectivity index (χ2n) is 14.1. The van der Waals surface area contributed by atoms with Crippen molar-refractivity contribution < 1.29 is 27.5 Å². The Bertz CT molecular complexity index is 3000. The number of H-pyrrole nitrogens is 1. The Morgan fingerprint density at radius 2 is 1.60 bits per heavy atom. The highest BCUT2D eigenvalue weighted by atomic mass is 32.2. The van der Waals surface area contributed by atoms with Crippen molar-refractivity contribution in [3.63, 3.8) is 0 Å². The molecule has 0 fully saturated rings. The largest absolute Gasteiger partial charge is 0.496 e. The number of aliphatic imine (C=N–C) groups is 1. The molecule has 0 radical (unpaired) electrons. The lowest BCUT2D eigenvalue weighted by molar-refractivity contribution is -0.141. The smallest absolute Gasteiger partial charge is 0.308 e. The van der Waals surface area contributed by atoms with E-state index in [-0.39, 0.29) is 35.4 Å². The van der Waals surface area contributed by atoms with Crippen LogP contribution in [0.15, 0.2) is 101 Å². The highest BCUT2D eigenvalue weighted by Crippen LogP contribution is 2.40. The number of rotatable bonds is 11. The van der Waals surface area contributed by atoms with Crippen LogP contribution in [0.1, 0.15) is 67.2 Å². The SMILES string of the molecule is COC(=O)C[C@@H]1N=C(c2ccc(-c3ccc(C(=O)NCc4ccc(S(=O)(=O)Nc5ccc(OC)c6c(C#N)c[nH]c56)cc4)cc3)cc2)c2c(sc(C)c2C)-n2c(C)nnc21. The fourth-order valence-corrected chi connectivity index (χ4v) is 9.52. The average molecular weight is 839 g/mol. The summed E-state index contributed by atoms with van der Waals surface area (Å²) in [5, 5.41) is 22.6. The number of nitrogens with zero attached hydrogens (tertiary/aromatic N) is 5. The monoisotopic (exact) mass is 838 g/mol. The van der Waals surface area contributed by atoms with Gasteiger partial charge in [0, 0.05) is 34.3 Å². The van der Waals surface area contributed by atoms with Crippen molar-refractivity contribution in [1.82, 2.24) is 25.1 Å². The molecule has 0 aliphatic carbocycles. The molecule has 0 bridgehead atoms. The van der Waals surface area contributed by atoms with Crippen molar-refractivity contribution in [2.24, 2.45) is 4.99 Å². The molecule has 0 spiro atoms. The van der Waals surface area contributed by atoms with Crippen LogP contribution in [0.25, 0.3) is 27.0 Å². The number of amides is 1. The van der Waals surface area contributed by atoms with E-state index in [4.69, 9.17) is 14.5 Å². The summed E-state index contributed by atoms with van der Waals surface area (Å²) in [6, 6.07) is 26.2. The number of esters is 1. The van der Waals surface area contributed by atoms with E-state index in [0.717, 1.165) is 43.4 Å². The van der Waals surface area contributed by atoms with Crippen LogP contribution in [-0.2, 0) is 26.1 Å². The maximum absolute atomic E-state index is 13.3. The van der Waals surface area contributed by atoms with Crippen LogP contribution in [0.5, 0.6) is 5.75 Å². The lowest BCUT2D eigenvalue weighted by Crippen LogP contribution is -2.22. The molecule has 1 amide bonds. The Morgan fingerprint density at radius 3 is 2.27 bits per heavy atom. The Hall–Kier alpha value is -7.09. The molecule has 14 nitrogen and oxygen atoms in total. The number of aromatic nitrogens is 4. The van der Waals surface area contributed by atoms with Crippen LogP contribution in [0.4, 0.5) is 5.69 Å². The molecular formula is C44H38N8O6S2. The number of anilines is 1. The number of aromatic amines is 1. The molecule has 0 unspecified atom stereocenters. The number of nitriles is 1. The molecule has 7 aromatic rings. The Balaban J connectivity index is 0.943. The average Bonchev–Trinajstić information content (AvgIpc) is 3.93. The van der Waals surface area contributed by atoms with Crippen molar-refractivity contribution in [3.8, 4) is 27.9 Å². The summed E-state index contributed by atoms with van der Waals surface area (Å²) in [6.07, 6.45) is 1.52. The van der Waals surface area contributed by atoms with Gasteiger partial charge in [0.25, 0.3) is 15.9 Å². The predicted octanol–water partition coefficient (Wildman–Crippen LogP) is 7.47. The number of aryl methyl sites for hydroxylation is 2. The fourth-order valence-electron chi connectivity index (χ4n) is 7.24. The quantitative estimate of drug-likeness (QED) is 0.111. The van der Waals surface area contributed by atoms with E-state index in [2.05, 4.69) is 45.1 Å². The first-order valence-corrected chi connectivity index (χ1v) is 21.1. The van der Waals surface area contributed by atoms with Gasteiger partial charge in [-0.3, -0.25) is 23.9 Å². The molecule has 16 heteroatoms. The minimum atomic E-state index is -3.99. The van der Waals surface area contributed by atoms with Crippen molar-refractivity contribution >= 4 is 55.5 Å². The van der Waals surface area contributed by atoms with Gasteiger partial charge in [-0.1, -0.05) is 48.5 Å². The summed E-state index contributed by atoms with van der Waals surface area (Å²) in [4.78, 5) is 34.9. The minimum Gasteiger partial charge on any atom is -0.496 e. The molecular weight excluding hydrogens is 801 g/mol. The first-order chi connectivity index (χ1) is 28.9. The molecule has 302 valence electrons. The number of benzene rings is 4. The van der Waals surface area contributed by atoms with Crippen LogP contribution in [-0.4, -0.2) is 60.0 Å². The number of carbonyl (C=O) groups is 2. The summed E-state index contributed by atoms with van der Waals surface area (Å²) in [6.45, 7) is 6.23. The maximum atomic E-state index is 13.3. The van der Waals surface area contributed by atoms with Crippen molar-refractivity contribution in [2.45, 2.75) is 44.7 Å². The molecule has 1 aliphatic rings.